The summed E-state index contributed by atoms with van der Waals surface area (Å²) < 4.78 is 12.6. The topological polar surface area (TPSA) is 0 Å². The monoisotopic (exact) mass is 248 g/mol. The number of halogens is 3. The SMILES string of the molecule is Fc1ccc(C=CCBr)c(Cl)c1. The maximum atomic E-state index is 12.6. The predicted octanol–water partition coefficient (Wildman–Crippen LogP) is 3.89. The summed E-state index contributed by atoms with van der Waals surface area (Å²) >= 11 is 9.00. The molecule has 0 nitrogen and oxygen atoms in total. The highest BCUT2D eigenvalue weighted by molar-refractivity contribution is 9.09. The largest absolute Gasteiger partial charge is 0.207 e. The Hall–Kier alpha value is -0.340. The molecule has 0 aromatic heterocycles. The van der Waals surface area contributed by atoms with E-state index < -0.39 is 0 Å². The van der Waals surface area contributed by atoms with Crippen LogP contribution in [0.2, 0.25) is 5.02 Å². The zero-order valence-corrected chi connectivity index (χ0v) is 8.57. The second kappa shape index (κ2) is 4.63. The van der Waals surface area contributed by atoms with Gasteiger partial charge in [0.15, 0.2) is 0 Å². The number of rotatable bonds is 2. The molecule has 0 spiro atoms. The standard InChI is InChI=1S/C9H7BrClF/c10-5-1-2-7-3-4-8(12)6-9(7)11/h1-4,6H,5H2. The minimum atomic E-state index is -0.309. The molecule has 12 heavy (non-hydrogen) atoms. The molecule has 0 saturated carbocycles. The molecule has 0 saturated heterocycles. The van der Waals surface area contributed by atoms with Gasteiger partial charge in [-0.1, -0.05) is 45.7 Å². The van der Waals surface area contributed by atoms with Crippen LogP contribution in [0.15, 0.2) is 24.3 Å². The van der Waals surface area contributed by atoms with Crippen molar-refractivity contribution in [2.75, 3.05) is 5.33 Å². The van der Waals surface area contributed by atoms with Gasteiger partial charge in [-0.2, -0.15) is 0 Å². The summed E-state index contributed by atoms with van der Waals surface area (Å²) in [4.78, 5) is 0. The zero-order valence-electron chi connectivity index (χ0n) is 6.23. The van der Waals surface area contributed by atoms with Crippen LogP contribution in [0, 0.1) is 5.82 Å². The van der Waals surface area contributed by atoms with Crippen LogP contribution in [0.5, 0.6) is 0 Å². The van der Waals surface area contributed by atoms with Crippen molar-refractivity contribution in [1.29, 1.82) is 0 Å². The Balaban J connectivity index is 2.94. The Kier molecular flexibility index (Phi) is 3.76. The lowest BCUT2D eigenvalue weighted by Crippen LogP contribution is -1.78. The Morgan fingerprint density at radius 3 is 2.83 bits per heavy atom. The van der Waals surface area contributed by atoms with E-state index in [0.29, 0.717) is 5.02 Å². The van der Waals surface area contributed by atoms with Crippen LogP contribution < -0.4 is 0 Å². The van der Waals surface area contributed by atoms with E-state index in [-0.39, 0.29) is 5.82 Å². The first-order chi connectivity index (χ1) is 5.74. The van der Waals surface area contributed by atoms with E-state index in [1.807, 2.05) is 12.2 Å². The van der Waals surface area contributed by atoms with E-state index >= 15 is 0 Å². The van der Waals surface area contributed by atoms with E-state index in [1.165, 1.54) is 12.1 Å². The van der Waals surface area contributed by atoms with Crippen LogP contribution in [-0.2, 0) is 0 Å². The molecular weight excluding hydrogens is 242 g/mol. The van der Waals surface area contributed by atoms with Crippen molar-refractivity contribution in [2.24, 2.45) is 0 Å². The van der Waals surface area contributed by atoms with Crippen molar-refractivity contribution in [1.82, 2.24) is 0 Å². The Labute approximate surface area is 84.2 Å². The van der Waals surface area contributed by atoms with Crippen molar-refractivity contribution in [3.8, 4) is 0 Å². The summed E-state index contributed by atoms with van der Waals surface area (Å²) in [6.45, 7) is 0. The van der Waals surface area contributed by atoms with Crippen molar-refractivity contribution in [3.05, 3.63) is 40.7 Å². The van der Waals surface area contributed by atoms with Gasteiger partial charge < -0.3 is 0 Å². The molecule has 64 valence electrons. The number of alkyl halides is 1. The lowest BCUT2D eigenvalue weighted by atomic mass is 10.2. The highest BCUT2D eigenvalue weighted by Gasteiger charge is 1.96. The smallest absolute Gasteiger partial charge is 0.124 e. The molecule has 1 aromatic rings. The summed E-state index contributed by atoms with van der Waals surface area (Å²) in [7, 11) is 0. The van der Waals surface area contributed by atoms with Gasteiger partial charge in [-0.15, -0.1) is 0 Å². The molecule has 0 amide bonds. The fourth-order valence-electron chi connectivity index (χ4n) is 0.808. The summed E-state index contributed by atoms with van der Waals surface area (Å²) in [5, 5.41) is 1.20. The molecule has 0 unspecified atom stereocenters. The number of allylic oxidation sites excluding steroid dienone is 1. The first kappa shape index (κ1) is 9.75. The maximum Gasteiger partial charge on any atom is 0.124 e. The number of hydrogen-bond donors (Lipinski definition) is 0. The molecule has 0 heterocycles. The van der Waals surface area contributed by atoms with Crippen molar-refractivity contribution >= 4 is 33.6 Å². The first-order valence-electron chi connectivity index (χ1n) is 3.41. The fourth-order valence-corrected chi connectivity index (χ4v) is 1.23. The third-order valence-corrected chi connectivity index (χ3v) is 2.05. The fraction of sp³-hybridized carbons (Fsp3) is 0.111. The molecule has 0 N–H and O–H groups in total. The van der Waals surface area contributed by atoms with Gasteiger partial charge >= 0.3 is 0 Å². The molecular formula is C9H7BrClF. The zero-order chi connectivity index (χ0) is 8.97. The van der Waals surface area contributed by atoms with Gasteiger partial charge in [-0.3, -0.25) is 0 Å². The minimum absolute atomic E-state index is 0.309. The third-order valence-electron chi connectivity index (χ3n) is 1.35. The molecule has 1 rings (SSSR count). The quantitative estimate of drug-likeness (QED) is 0.698. The second-order valence-electron chi connectivity index (χ2n) is 2.22. The number of hydrogen-bond acceptors (Lipinski definition) is 0. The summed E-state index contributed by atoms with van der Waals surface area (Å²) in [6.07, 6.45) is 3.75. The molecule has 3 heteroatoms. The molecule has 0 aliphatic carbocycles. The van der Waals surface area contributed by atoms with Crippen molar-refractivity contribution < 1.29 is 4.39 Å². The lowest BCUT2D eigenvalue weighted by molar-refractivity contribution is 0.628. The van der Waals surface area contributed by atoms with Gasteiger partial charge in [0.1, 0.15) is 5.82 Å². The van der Waals surface area contributed by atoms with Crippen LogP contribution in [0.3, 0.4) is 0 Å². The number of benzene rings is 1. The average molecular weight is 250 g/mol. The molecule has 0 atom stereocenters. The van der Waals surface area contributed by atoms with Crippen molar-refractivity contribution in [3.63, 3.8) is 0 Å². The summed E-state index contributed by atoms with van der Waals surface area (Å²) in [6, 6.07) is 4.34. The Bertz CT molecular complexity index is 297. The predicted molar refractivity (Wildman–Crippen MR) is 54.2 cm³/mol. The second-order valence-corrected chi connectivity index (χ2v) is 3.28. The minimum Gasteiger partial charge on any atom is -0.207 e. The Morgan fingerprint density at radius 2 is 2.25 bits per heavy atom. The van der Waals surface area contributed by atoms with Gasteiger partial charge in [0.05, 0.1) is 5.02 Å². The highest BCUT2D eigenvalue weighted by Crippen LogP contribution is 2.18. The van der Waals surface area contributed by atoms with Crippen LogP contribution in [-0.4, -0.2) is 5.33 Å². The van der Waals surface area contributed by atoms with Gasteiger partial charge in [0, 0.05) is 5.33 Å². The van der Waals surface area contributed by atoms with E-state index in [4.69, 9.17) is 11.6 Å². The maximum absolute atomic E-state index is 12.6. The first-order valence-corrected chi connectivity index (χ1v) is 4.91. The molecule has 0 aliphatic rings. The molecule has 0 radical (unpaired) electrons. The van der Waals surface area contributed by atoms with E-state index in [0.717, 1.165) is 10.9 Å². The van der Waals surface area contributed by atoms with E-state index in [2.05, 4.69) is 15.9 Å². The van der Waals surface area contributed by atoms with Crippen LogP contribution >= 0.6 is 27.5 Å². The lowest BCUT2D eigenvalue weighted by Gasteiger charge is -1.96. The normalized spacial score (nSPS) is 10.9. The van der Waals surface area contributed by atoms with Crippen LogP contribution in [0.1, 0.15) is 5.56 Å². The summed E-state index contributed by atoms with van der Waals surface area (Å²) in [5.41, 5.74) is 0.831. The molecule has 0 aliphatic heterocycles. The molecule has 0 bridgehead atoms. The highest BCUT2D eigenvalue weighted by atomic mass is 79.9. The van der Waals surface area contributed by atoms with E-state index in [1.54, 1.807) is 6.07 Å². The summed E-state index contributed by atoms with van der Waals surface area (Å²) in [5.74, 6) is -0.309. The van der Waals surface area contributed by atoms with Crippen molar-refractivity contribution in [2.45, 2.75) is 0 Å². The third kappa shape index (κ3) is 2.61. The van der Waals surface area contributed by atoms with Gasteiger partial charge in [0.2, 0.25) is 0 Å². The van der Waals surface area contributed by atoms with Gasteiger partial charge in [-0.25, -0.2) is 4.39 Å². The van der Waals surface area contributed by atoms with E-state index in [9.17, 15) is 4.39 Å². The van der Waals surface area contributed by atoms with Gasteiger partial charge in [0.25, 0.3) is 0 Å². The molecule has 0 fully saturated rings. The molecule has 1 aromatic carbocycles. The van der Waals surface area contributed by atoms with Gasteiger partial charge in [-0.05, 0) is 17.7 Å². The van der Waals surface area contributed by atoms with Crippen LogP contribution in [0.4, 0.5) is 4.39 Å². The Morgan fingerprint density at radius 1 is 1.50 bits per heavy atom. The van der Waals surface area contributed by atoms with Crippen LogP contribution in [0.25, 0.3) is 6.08 Å². The average Bonchev–Trinajstić information content (AvgIpc) is 2.03.